The van der Waals surface area contributed by atoms with E-state index in [0.29, 0.717) is 5.02 Å². The summed E-state index contributed by atoms with van der Waals surface area (Å²) in [5, 5.41) is 13.6. The van der Waals surface area contributed by atoms with Crippen molar-refractivity contribution in [2.75, 3.05) is 32.8 Å². The lowest BCUT2D eigenvalue weighted by atomic mass is 10.1. The number of benzene rings is 1. The summed E-state index contributed by atoms with van der Waals surface area (Å²) in [7, 11) is 0. The second-order valence-corrected chi connectivity index (χ2v) is 5.44. The fraction of sp³-hybridized carbons (Fsp3) is 0.500. The Balaban J connectivity index is 0.00000162. The van der Waals surface area contributed by atoms with Crippen LogP contribution in [-0.4, -0.2) is 42.8 Å². The van der Waals surface area contributed by atoms with E-state index in [0.717, 1.165) is 36.2 Å². The molecule has 0 saturated carbocycles. The third-order valence-electron chi connectivity index (χ3n) is 3.09. The van der Waals surface area contributed by atoms with Crippen LogP contribution < -0.4 is 5.32 Å². The van der Waals surface area contributed by atoms with E-state index in [-0.39, 0.29) is 25.1 Å². The third kappa shape index (κ3) is 3.83. The molecule has 3 nitrogen and oxygen atoms in total. The molecule has 18 heavy (non-hydrogen) atoms. The Morgan fingerprint density at radius 2 is 2.06 bits per heavy atom. The molecule has 1 atom stereocenters. The number of piperazine rings is 1. The van der Waals surface area contributed by atoms with Crippen LogP contribution >= 0.6 is 39.9 Å². The molecule has 1 saturated heterocycles. The molecular weight excluding hydrogens is 339 g/mol. The van der Waals surface area contributed by atoms with E-state index >= 15 is 0 Å². The fourth-order valence-corrected chi connectivity index (χ4v) is 3.12. The number of hydrogen-bond acceptors (Lipinski definition) is 3. The number of aliphatic hydroxyl groups excluding tert-OH is 1. The standard InChI is InChI=1S/C12H16BrClN2O.ClH/c13-11-7-9(14)1-2-10(11)12(8-17)16-5-3-15-4-6-16;/h1-2,7,12,15,17H,3-6,8H2;1H/t12-;/m1./s1. The van der Waals surface area contributed by atoms with Crippen molar-refractivity contribution < 1.29 is 5.11 Å². The Morgan fingerprint density at radius 3 is 2.61 bits per heavy atom. The highest BCUT2D eigenvalue weighted by Gasteiger charge is 2.23. The zero-order valence-corrected chi connectivity index (χ0v) is 13.1. The van der Waals surface area contributed by atoms with Crippen molar-refractivity contribution in [2.45, 2.75) is 6.04 Å². The van der Waals surface area contributed by atoms with Gasteiger partial charge in [-0.3, -0.25) is 4.90 Å². The van der Waals surface area contributed by atoms with Crippen molar-refractivity contribution in [1.82, 2.24) is 10.2 Å². The average Bonchev–Trinajstić information content (AvgIpc) is 2.34. The summed E-state index contributed by atoms with van der Waals surface area (Å²) in [6.07, 6.45) is 0. The normalized spacial score (nSPS) is 18.2. The number of hydrogen-bond donors (Lipinski definition) is 2. The van der Waals surface area contributed by atoms with Gasteiger partial charge in [-0.25, -0.2) is 0 Å². The Bertz CT molecular complexity index is 386. The first-order valence-corrected chi connectivity index (χ1v) is 6.90. The predicted molar refractivity (Wildman–Crippen MR) is 80.7 cm³/mol. The molecule has 1 fully saturated rings. The first-order chi connectivity index (χ1) is 8.22. The quantitative estimate of drug-likeness (QED) is 0.874. The number of rotatable bonds is 3. The molecule has 1 heterocycles. The Morgan fingerprint density at radius 1 is 1.39 bits per heavy atom. The van der Waals surface area contributed by atoms with E-state index in [1.54, 1.807) is 0 Å². The van der Waals surface area contributed by atoms with Gasteiger partial charge in [-0.2, -0.15) is 0 Å². The van der Waals surface area contributed by atoms with Gasteiger partial charge in [0.25, 0.3) is 0 Å². The molecule has 0 radical (unpaired) electrons. The summed E-state index contributed by atoms with van der Waals surface area (Å²) in [6.45, 7) is 3.99. The molecule has 1 aliphatic rings. The Labute approximate surface area is 127 Å². The van der Waals surface area contributed by atoms with Gasteiger partial charge in [0.15, 0.2) is 0 Å². The molecule has 0 aromatic heterocycles. The van der Waals surface area contributed by atoms with Gasteiger partial charge in [-0.1, -0.05) is 33.6 Å². The number of halogens is 3. The minimum Gasteiger partial charge on any atom is -0.394 e. The van der Waals surface area contributed by atoms with E-state index in [9.17, 15) is 5.11 Å². The van der Waals surface area contributed by atoms with Crippen LogP contribution in [0.4, 0.5) is 0 Å². The van der Waals surface area contributed by atoms with Crippen molar-refractivity contribution in [3.05, 3.63) is 33.3 Å². The number of aliphatic hydroxyl groups is 1. The Kier molecular flexibility index (Phi) is 6.92. The van der Waals surface area contributed by atoms with Gasteiger partial charge in [-0.15, -0.1) is 12.4 Å². The van der Waals surface area contributed by atoms with Crippen molar-refractivity contribution in [2.24, 2.45) is 0 Å². The van der Waals surface area contributed by atoms with Crippen LogP contribution in [0.1, 0.15) is 11.6 Å². The molecular formula is C12H17BrCl2N2O. The second-order valence-electron chi connectivity index (χ2n) is 4.15. The molecule has 0 bridgehead atoms. The van der Waals surface area contributed by atoms with Crippen LogP contribution in [-0.2, 0) is 0 Å². The summed E-state index contributed by atoms with van der Waals surface area (Å²) < 4.78 is 0.961. The van der Waals surface area contributed by atoms with E-state index < -0.39 is 0 Å². The maximum absolute atomic E-state index is 9.61. The van der Waals surface area contributed by atoms with Gasteiger partial charge >= 0.3 is 0 Å². The highest BCUT2D eigenvalue weighted by molar-refractivity contribution is 9.10. The molecule has 0 amide bonds. The van der Waals surface area contributed by atoms with Crippen LogP contribution in [0.2, 0.25) is 5.02 Å². The molecule has 2 rings (SSSR count). The van der Waals surface area contributed by atoms with E-state index in [1.165, 1.54) is 0 Å². The van der Waals surface area contributed by atoms with Crippen LogP contribution in [0.15, 0.2) is 22.7 Å². The number of nitrogens with zero attached hydrogens (tertiary/aromatic N) is 1. The van der Waals surface area contributed by atoms with Crippen molar-refractivity contribution in [1.29, 1.82) is 0 Å². The zero-order valence-electron chi connectivity index (χ0n) is 9.90. The monoisotopic (exact) mass is 354 g/mol. The lowest BCUT2D eigenvalue weighted by Crippen LogP contribution is -2.46. The largest absolute Gasteiger partial charge is 0.394 e. The lowest BCUT2D eigenvalue weighted by Gasteiger charge is -2.34. The minimum atomic E-state index is 0. The summed E-state index contributed by atoms with van der Waals surface area (Å²) in [5.74, 6) is 0. The average molecular weight is 356 g/mol. The molecule has 1 aromatic carbocycles. The second kappa shape index (κ2) is 7.68. The first kappa shape index (κ1) is 16.2. The fourth-order valence-electron chi connectivity index (χ4n) is 2.18. The van der Waals surface area contributed by atoms with Crippen molar-refractivity contribution >= 4 is 39.9 Å². The summed E-state index contributed by atoms with van der Waals surface area (Å²) >= 11 is 9.45. The topological polar surface area (TPSA) is 35.5 Å². The van der Waals surface area contributed by atoms with Gasteiger partial charge in [0.2, 0.25) is 0 Å². The van der Waals surface area contributed by atoms with Crippen molar-refractivity contribution in [3.63, 3.8) is 0 Å². The van der Waals surface area contributed by atoms with Gasteiger partial charge in [0.05, 0.1) is 12.6 Å². The lowest BCUT2D eigenvalue weighted by molar-refractivity contribution is 0.110. The molecule has 0 spiro atoms. The molecule has 6 heteroatoms. The smallest absolute Gasteiger partial charge is 0.0629 e. The molecule has 0 unspecified atom stereocenters. The molecule has 1 aromatic rings. The molecule has 2 N–H and O–H groups in total. The van der Waals surface area contributed by atoms with Gasteiger partial charge < -0.3 is 10.4 Å². The van der Waals surface area contributed by atoms with E-state index in [4.69, 9.17) is 11.6 Å². The van der Waals surface area contributed by atoms with Crippen LogP contribution in [0.25, 0.3) is 0 Å². The maximum Gasteiger partial charge on any atom is 0.0629 e. The first-order valence-electron chi connectivity index (χ1n) is 5.73. The highest BCUT2D eigenvalue weighted by atomic mass is 79.9. The maximum atomic E-state index is 9.61. The van der Waals surface area contributed by atoms with Crippen LogP contribution in [0.5, 0.6) is 0 Å². The van der Waals surface area contributed by atoms with Gasteiger partial charge in [-0.05, 0) is 17.7 Å². The Hall–Kier alpha value is 0.160. The minimum absolute atomic E-state index is 0. The predicted octanol–water partition coefficient (Wildman–Crippen LogP) is 2.46. The van der Waals surface area contributed by atoms with Crippen LogP contribution in [0.3, 0.4) is 0 Å². The highest BCUT2D eigenvalue weighted by Crippen LogP contribution is 2.30. The molecule has 102 valence electrons. The number of nitrogens with one attached hydrogen (secondary N) is 1. The molecule has 1 aliphatic heterocycles. The summed E-state index contributed by atoms with van der Waals surface area (Å²) in [4.78, 5) is 2.30. The zero-order chi connectivity index (χ0) is 12.3. The SMILES string of the molecule is Cl.OC[C@H](c1ccc(Cl)cc1Br)N1CCNCC1. The molecule has 0 aliphatic carbocycles. The summed E-state index contributed by atoms with van der Waals surface area (Å²) in [6, 6.07) is 5.77. The third-order valence-corrected chi connectivity index (χ3v) is 4.01. The van der Waals surface area contributed by atoms with E-state index in [2.05, 4.69) is 26.1 Å². The van der Waals surface area contributed by atoms with Crippen molar-refractivity contribution in [3.8, 4) is 0 Å². The van der Waals surface area contributed by atoms with Crippen LogP contribution in [0, 0.1) is 0 Å². The summed E-state index contributed by atoms with van der Waals surface area (Å²) in [5.41, 5.74) is 1.10. The van der Waals surface area contributed by atoms with Gasteiger partial charge in [0.1, 0.15) is 0 Å². The van der Waals surface area contributed by atoms with E-state index in [1.807, 2.05) is 18.2 Å². The van der Waals surface area contributed by atoms with Gasteiger partial charge in [0, 0.05) is 35.7 Å².